The van der Waals surface area contributed by atoms with Crippen LogP contribution < -0.4 is 4.74 Å². The number of ether oxygens (including phenoxy) is 1. The van der Waals surface area contributed by atoms with Gasteiger partial charge in [0, 0.05) is 12.5 Å². The zero-order valence-corrected chi connectivity index (χ0v) is 12.2. The number of methoxy groups -OCH3 is 1. The van der Waals surface area contributed by atoms with Crippen molar-refractivity contribution >= 4 is 0 Å². The predicted molar refractivity (Wildman–Crippen MR) is 77.4 cm³/mol. The summed E-state index contributed by atoms with van der Waals surface area (Å²) < 4.78 is 5.29. The Bertz CT molecular complexity index is 419. The number of aliphatic hydroxyl groups is 1. The van der Waals surface area contributed by atoms with Crippen LogP contribution in [0.5, 0.6) is 5.75 Å². The molecule has 3 nitrogen and oxygen atoms in total. The lowest BCUT2D eigenvalue weighted by atomic mass is 9.71. The lowest BCUT2D eigenvalue weighted by Crippen LogP contribution is -2.43. The minimum absolute atomic E-state index is 0.295. The maximum absolute atomic E-state index is 11.2. The summed E-state index contributed by atoms with van der Waals surface area (Å²) in [5, 5.41) is 11.2. The van der Waals surface area contributed by atoms with Gasteiger partial charge >= 0.3 is 0 Å². The maximum Gasteiger partial charge on any atom is 0.119 e. The molecule has 3 heteroatoms. The Labute approximate surface area is 116 Å². The minimum atomic E-state index is -0.711. The van der Waals surface area contributed by atoms with Crippen molar-refractivity contribution in [2.24, 2.45) is 5.92 Å². The highest BCUT2D eigenvalue weighted by atomic mass is 16.5. The summed E-state index contributed by atoms with van der Waals surface area (Å²) in [6.07, 6.45) is 4.24. The van der Waals surface area contributed by atoms with E-state index in [0.717, 1.165) is 37.1 Å². The van der Waals surface area contributed by atoms with Crippen molar-refractivity contribution in [2.75, 3.05) is 27.7 Å². The highest BCUT2D eigenvalue weighted by Crippen LogP contribution is 2.42. The van der Waals surface area contributed by atoms with Crippen molar-refractivity contribution in [3.8, 4) is 5.75 Å². The predicted octanol–water partition coefficient (Wildman–Crippen LogP) is 2.63. The molecule has 19 heavy (non-hydrogen) atoms. The smallest absolute Gasteiger partial charge is 0.119 e. The van der Waals surface area contributed by atoms with Crippen LogP contribution in [0, 0.1) is 5.92 Å². The van der Waals surface area contributed by atoms with Crippen molar-refractivity contribution < 1.29 is 9.84 Å². The third-order valence-electron chi connectivity index (χ3n) is 4.19. The Morgan fingerprint density at radius 3 is 2.84 bits per heavy atom. The molecule has 1 aliphatic carbocycles. The largest absolute Gasteiger partial charge is 0.497 e. The number of rotatable bonds is 4. The Morgan fingerprint density at radius 1 is 1.37 bits per heavy atom. The van der Waals surface area contributed by atoms with Crippen LogP contribution in [0.3, 0.4) is 0 Å². The van der Waals surface area contributed by atoms with Gasteiger partial charge in [0.1, 0.15) is 5.75 Å². The van der Waals surface area contributed by atoms with Gasteiger partial charge in [-0.15, -0.1) is 0 Å². The van der Waals surface area contributed by atoms with E-state index >= 15 is 0 Å². The summed E-state index contributed by atoms with van der Waals surface area (Å²) in [6, 6.07) is 7.90. The highest BCUT2D eigenvalue weighted by Gasteiger charge is 2.40. The molecule has 0 amide bonds. The number of nitrogens with zero attached hydrogens (tertiary/aromatic N) is 1. The molecule has 1 N–H and O–H groups in total. The topological polar surface area (TPSA) is 32.7 Å². The van der Waals surface area contributed by atoms with Crippen LogP contribution in [0.15, 0.2) is 24.3 Å². The van der Waals surface area contributed by atoms with E-state index in [1.807, 2.05) is 24.3 Å². The zero-order chi connectivity index (χ0) is 13.9. The fraction of sp³-hybridized carbons (Fsp3) is 0.625. The number of benzene rings is 1. The highest BCUT2D eigenvalue weighted by molar-refractivity contribution is 5.33. The van der Waals surface area contributed by atoms with E-state index in [-0.39, 0.29) is 0 Å². The van der Waals surface area contributed by atoms with E-state index < -0.39 is 5.60 Å². The second-order valence-corrected chi connectivity index (χ2v) is 5.86. The first-order valence-corrected chi connectivity index (χ1v) is 7.08. The summed E-state index contributed by atoms with van der Waals surface area (Å²) in [4.78, 5) is 2.17. The van der Waals surface area contributed by atoms with Gasteiger partial charge in [-0.2, -0.15) is 0 Å². The van der Waals surface area contributed by atoms with Crippen LogP contribution in [0.25, 0.3) is 0 Å². The van der Waals surface area contributed by atoms with Crippen molar-refractivity contribution in [2.45, 2.75) is 31.3 Å². The van der Waals surface area contributed by atoms with Gasteiger partial charge in [-0.3, -0.25) is 0 Å². The van der Waals surface area contributed by atoms with Crippen molar-refractivity contribution in [3.63, 3.8) is 0 Å². The summed E-state index contributed by atoms with van der Waals surface area (Å²) >= 11 is 0. The van der Waals surface area contributed by atoms with Crippen molar-refractivity contribution in [1.82, 2.24) is 4.90 Å². The number of hydrogen-bond donors (Lipinski definition) is 1. The lowest BCUT2D eigenvalue weighted by Gasteiger charge is -2.41. The van der Waals surface area contributed by atoms with Gasteiger partial charge in [-0.1, -0.05) is 25.0 Å². The summed E-state index contributed by atoms with van der Waals surface area (Å²) in [6.45, 7) is 0.924. The van der Waals surface area contributed by atoms with Gasteiger partial charge in [0.25, 0.3) is 0 Å². The summed E-state index contributed by atoms with van der Waals surface area (Å²) in [5.41, 5.74) is 0.287. The molecule has 0 aromatic heterocycles. The molecular weight excluding hydrogens is 238 g/mol. The maximum atomic E-state index is 11.2. The molecule has 2 atom stereocenters. The molecule has 1 aromatic carbocycles. The third-order valence-corrected chi connectivity index (χ3v) is 4.19. The Balaban J connectivity index is 2.30. The normalized spacial score (nSPS) is 27.5. The van der Waals surface area contributed by atoms with E-state index in [0.29, 0.717) is 5.92 Å². The van der Waals surface area contributed by atoms with Gasteiger partial charge in [0.05, 0.1) is 12.7 Å². The minimum Gasteiger partial charge on any atom is -0.497 e. The quantitative estimate of drug-likeness (QED) is 0.906. The van der Waals surface area contributed by atoms with Crippen LogP contribution in [0.4, 0.5) is 0 Å². The monoisotopic (exact) mass is 263 g/mol. The molecule has 1 unspecified atom stereocenters. The first-order valence-electron chi connectivity index (χ1n) is 7.08. The molecule has 2 rings (SSSR count). The molecule has 1 aliphatic rings. The molecule has 1 fully saturated rings. The fourth-order valence-electron chi connectivity index (χ4n) is 3.18. The molecule has 0 radical (unpaired) electrons. The lowest BCUT2D eigenvalue weighted by molar-refractivity contribution is -0.0619. The average Bonchev–Trinajstić information content (AvgIpc) is 2.41. The van der Waals surface area contributed by atoms with E-state index in [4.69, 9.17) is 4.74 Å². The van der Waals surface area contributed by atoms with E-state index in [9.17, 15) is 5.11 Å². The zero-order valence-electron chi connectivity index (χ0n) is 12.2. The molecular formula is C16H25NO2. The van der Waals surface area contributed by atoms with Crippen LogP contribution in [0.2, 0.25) is 0 Å². The van der Waals surface area contributed by atoms with E-state index in [1.165, 1.54) is 6.42 Å². The van der Waals surface area contributed by atoms with Crippen LogP contribution in [0.1, 0.15) is 31.2 Å². The number of hydrogen-bond acceptors (Lipinski definition) is 3. The molecule has 106 valence electrons. The van der Waals surface area contributed by atoms with Crippen LogP contribution >= 0.6 is 0 Å². The molecule has 0 saturated heterocycles. The fourth-order valence-corrected chi connectivity index (χ4v) is 3.18. The van der Waals surface area contributed by atoms with Crippen LogP contribution in [-0.2, 0) is 5.60 Å². The second kappa shape index (κ2) is 5.93. The molecule has 1 saturated carbocycles. The molecule has 0 aliphatic heterocycles. The average molecular weight is 263 g/mol. The summed E-state index contributed by atoms with van der Waals surface area (Å²) in [5.74, 6) is 1.11. The SMILES string of the molecule is COc1cccc(C2(O)CCCC[C@H]2CN(C)C)c1. The molecule has 0 heterocycles. The standard InChI is InChI=1S/C16H25NO2/c1-17(2)12-14-7-4-5-10-16(14,18)13-8-6-9-15(11-13)19-3/h6,8-9,11,14,18H,4-5,7,10,12H2,1-3H3/t14-,16?/m0/s1. The molecule has 0 bridgehead atoms. The Morgan fingerprint density at radius 2 is 2.16 bits per heavy atom. The van der Waals surface area contributed by atoms with E-state index in [1.54, 1.807) is 7.11 Å². The van der Waals surface area contributed by atoms with Gasteiger partial charge in [0.15, 0.2) is 0 Å². The summed E-state index contributed by atoms with van der Waals surface area (Å²) in [7, 11) is 5.81. The van der Waals surface area contributed by atoms with Gasteiger partial charge in [0.2, 0.25) is 0 Å². The molecule has 1 aromatic rings. The van der Waals surface area contributed by atoms with Crippen molar-refractivity contribution in [3.05, 3.63) is 29.8 Å². The van der Waals surface area contributed by atoms with Crippen molar-refractivity contribution in [1.29, 1.82) is 0 Å². The Hall–Kier alpha value is -1.06. The first-order chi connectivity index (χ1) is 9.06. The first kappa shape index (κ1) is 14.4. The van der Waals surface area contributed by atoms with Gasteiger partial charge in [-0.25, -0.2) is 0 Å². The molecule has 0 spiro atoms. The Kier molecular flexibility index (Phi) is 4.48. The van der Waals surface area contributed by atoms with Gasteiger partial charge in [-0.05, 0) is 44.6 Å². The second-order valence-electron chi connectivity index (χ2n) is 5.86. The van der Waals surface area contributed by atoms with E-state index in [2.05, 4.69) is 19.0 Å². The van der Waals surface area contributed by atoms with Gasteiger partial charge < -0.3 is 14.7 Å². The third kappa shape index (κ3) is 3.10. The van der Waals surface area contributed by atoms with Crippen LogP contribution in [-0.4, -0.2) is 37.8 Å².